The second kappa shape index (κ2) is 10.4. The summed E-state index contributed by atoms with van der Waals surface area (Å²) < 4.78 is 66.3. The molecule has 38 heavy (non-hydrogen) atoms. The van der Waals surface area contributed by atoms with Crippen molar-refractivity contribution in [2.75, 3.05) is 19.3 Å². The second-order valence-corrected chi connectivity index (χ2v) is 11.9. The zero-order chi connectivity index (χ0) is 27.8. The van der Waals surface area contributed by atoms with Crippen LogP contribution in [0.5, 0.6) is 0 Å². The number of carbonyl (C=O) groups is 3. The first-order valence-corrected chi connectivity index (χ1v) is 14.0. The van der Waals surface area contributed by atoms with Crippen molar-refractivity contribution < 1.29 is 36.0 Å². The van der Waals surface area contributed by atoms with Crippen molar-refractivity contribution in [1.29, 1.82) is 0 Å². The molecule has 0 bridgehead atoms. The molecule has 204 valence electrons. The Labute approximate surface area is 218 Å². The number of sulfone groups is 1. The second-order valence-electron chi connectivity index (χ2n) is 9.84. The molecule has 2 saturated heterocycles. The Bertz CT molecular complexity index is 1380. The van der Waals surface area contributed by atoms with Gasteiger partial charge in [0.2, 0.25) is 11.8 Å². The van der Waals surface area contributed by atoms with E-state index >= 15 is 4.39 Å². The van der Waals surface area contributed by atoms with Crippen molar-refractivity contribution in [3.8, 4) is 0 Å². The van der Waals surface area contributed by atoms with Gasteiger partial charge in [0.15, 0.2) is 9.84 Å². The molecule has 2 aliphatic rings. The lowest BCUT2D eigenvalue weighted by Crippen LogP contribution is -2.48. The Balaban J connectivity index is 1.60. The first-order valence-electron chi connectivity index (χ1n) is 12.1. The van der Waals surface area contributed by atoms with E-state index in [2.05, 4.69) is 10.6 Å². The Morgan fingerprint density at radius 2 is 1.92 bits per heavy atom. The number of hydrogen-bond donors (Lipinski definition) is 2. The van der Waals surface area contributed by atoms with Gasteiger partial charge in [-0.3, -0.25) is 14.4 Å². The molecular formula is C26H28F3N3O5S. The third-order valence-electron chi connectivity index (χ3n) is 6.95. The molecule has 0 radical (unpaired) electrons. The molecule has 2 aromatic carbocycles. The van der Waals surface area contributed by atoms with Crippen LogP contribution in [0.4, 0.5) is 13.2 Å². The zero-order valence-electron chi connectivity index (χ0n) is 20.8. The van der Waals surface area contributed by atoms with Gasteiger partial charge >= 0.3 is 0 Å². The van der Waals surface area contributed by atoms with E-state index in [4.69, 9.17) is 0 Å². The number of rotatable bonds is 7. The van der Waals surface area contributed by atoms with Gasteiger partial charge in [0.25, 0.3) is 11.8 Å². The monoisotopic (exact) mass is 551 g/mol. The third-order valence-corrected chi connectivity index (χ3v) is 8.06. The first-order chi connectivity index (χ1) is 17.8. The maximum Gasteiger partial charge on any atom is 0.270 e. The number of amides is 3. The number of nitrogens with zero attached hydrogens (tertiary/aromatic N) is 1. The summed E-state index contributed by atoms with van der Waals surface area (Å²) in [4.78, 5) is 39.9. The average Bonchev–Trinajstić information content (AvgIpc) is 3.50. The Hall–Kier alpha value is -3.41. The predicted molar refractivity (Wildman–Crippen MR) is 132 cm³/mol. The lowest BCUT2D eigenvalue weighted by atomic mass is 9.90. The first kappa shape index (κ1) is 27.6. The van der Waals surface area contributed by atoms with Gasteiger partial charge in [-0.15, -0.1) is 0 Å². The standard InChI is InChI=1S/C26H28F3N3O5S/c1-26(28,29)17-8-9-19(20(27)13-17)23(16-12-22(33)30-14-16)31-24(34)21-7-4-10-32(21)25(35)15-5-3-6-18(11-15)38(2,36)37/h3,5-6,8-9,11,13,16,21,23H,4,7,10,12,14H2,1-2H3,(H,30,33)(H,31,34)/t16?,21-,23?/m1/s1. The van der Waals surface area contributed by atoms with Crippen LogP contribution in [0.1, 0.15) is 53.7 Å². The minimum Gasteiger partial charge on any atom is -0.356 e. The number of hydrogen-bond acceptors (Lipinski definition) is 5. The lowest BCUT2D eigenvalue weighted by Gasteiger charge is -2.29. The van der Waals surface area contributed by atoms with E-state index in [1.54, 1.807) is 0 Å². The summed E-state index contributed by atoms with van der Waals surface area (Å²) in [5.41, 5.74) is -0.449. The van der Waals surface area contributed by atoms with Gasteiger partial charge in [0, 0.05) is 55.3 Å². The molecule has 0 aliphatic carbocycles. The Morgan fingerprint density at radius 1 is 1.18 bits per heavy atom. The molecule has 4 rings (SSSR count). The highest BCUT2D eigenvalue weighted by molar-refractivity contribution is 7.90. The van der Waals surface area contributed by atoms with Gasteiger partial charge in [0.1, 0.15) is 11.9 Å². The number of likely N-dealkylation sites (tertiary alicyclic amines) is 1. The molecule has 0 saturated carbocycles. The summed E-state index contributed by atoms with van der Waals surface area (Å²) in [6, 6.07) is 6.60. The van der Waals surface area contributed by atoms with E-state index in [1.807, 2.05) is 0 Å². The van der Waals surface area contributed by atoms with Crippen LogP contribution in [0, 0.1) is 11.7 Å². The summed E-state index contributed by atoms with van der Waals surface area (Å²) in [7, 11) is -3.56. The molecule has 12 heteroatoms. The van der Waals surface area contributed by atoms with Crippen LogP contribution < -0.4 is 10.6 Å². The van der Waals surface area contributed by atoms with Gasteiger partial charge < -0.3 is 15.5 Å². The minimum absolute atomic E-state index is 0.00166. The molecule has 2 heterocycles. The lowest BCUT2D eigenvalue weighted by molar-refractivity contribution is -0.126. The smallest absolute Gasteiger partial charge is 0.270 e. The van der Waals surface area contributed by atoms with Gasteiger partial charge in [-0.05, 0) is 37.1 Å². The maximum atomic E-state index is 15.1. The van der Waals surface area contributed by atoms with Crippen LogP contribution in [0.15, 0.2) is 47.4 Å². The van der Waals surface area contributed by atoms with Crippen LogP contribution in [0.25, 0.3) is 0 Å². The van der Waals surface area contributed by atoms with Gasteiger partial charge in [0.05, 0.1) is 10.9 Å². The number of nitrogens with one attached hydrogen (secondary N) is 2. The molecule has 2 aromatic rings. The van der Waals surface area contributed by atoms with E-state index in [9.17, 15) is 31.6 Å². The fourth-order valence-corrected chi connectivity index (χ4v) is 5.59. The van der Waals surface area contributed by atoms with Gasteiger partial charge in [-0.1, -0.05) is 18.2 Å². The summed E-state index contributed by atoms with van der Waals surface area (Å²) in [5, 5.41) is 5.40. The average molecular weight is 552 g/mol. The van der Waals surface area contributed by atoms with Gasteiger partial charge in [-0.25, -0.2) is 21.6 Å². The van der Waals surface area contributed by atoms with E-state index in [1.165, 1.54) is 35.2 Å². The molecule has 0 spiro atoms. The fraction of sp³-hybridized carbons (Fsp3) is 0.423. The Kier molecular flexibility index (Phi) is 7.55. The number of benzene rings is 2. The molecule has 2 fully saturated rings. The van der Waals surface area contributed by atoms with Crippen LogP contribution >= 0.6 is 0 Å². The van der Waals surface area contributed by atoms with E-state index < -0.39 is 57.0 Å². The highest BCUT2D eigenvalue weighted by Gasteiger charge is 2.39. The molecule has 2 aliphatic heterocycles. The van der Waals surface area contributed by atoms with Crippen molar-refractivity contribution in [1.82, 2.24) is 15.5 Å². The number of carbonyl (C=O) groups excluding carboxylic acids is 3. The largest absolute Gasteiger partial charge is 0.356 e. The third kappa shape index (κ3) is 5.85. The number of halogens is 3. The van der Waals surface area contributed by atoms with E-state index in [-0.39, 0.29) is 41.4 Å². The normalized spacial score (nSPS) is 20.8. The maximum absolute atomic E-state index is 15.1. The zero-order valence-corrected chi connectivity index (χ0v) is 21.7. The van der Waals surface area contributed by atoms with Crippen LogP contribution in [-0.4, -0.2) is 56.4 Å². The predicted octanol–water partition coefficient (Wildman–Crippen LogP) is 2.94. The number of alkyl halides is 2. The van der Waals surface area contributed by atoms with E-state index in [0.29, 0.717) is 19.8 Å². The molecule has 2 N–H and O–H groups in total. The van der Waals surface area contributed by atoms with Crippen LogP contribution in [-0.2, 0) is 25.3 Å². The highest BCUT2D eigenvalue weighted by atomic mass is 32.2. The van der Waals surface area contributed by atoms with Gasteiger partial charge in [-0.2, -0.15) is 0 Å². The quantitative estimate of drug-likeness (QED) is 0.550. The summed E-state index contributed by atoms with van der Waals surface area (Å²) in [6.45, 7) is 1.06. The van der Waals surface area contributed by atoms with Crippen molar-refractivity contribution in [2.45, 2.75) is 49.1 Å². The van der Waals surface area contributed by atoms with Crippen molar-refractivity contribution in [3.63, 3.8) is 0 Å². The summed E-state index contributed by atoms with van der Waals surface area (Å²) in [6.07, 6.45) is 1.86. The molecule has 3 atom stereocenters. The molecule has 8 nitrogen and oxygen atoms in total. The van der Waals surface area contributed by atoms with Crippen LogP contribution in [0.3, 0.4) is 0 Å². The molecule has 0 aromatic heterocycles. The van der Waals surface area contributed by atoms with Crippen molar-refractivity contribution in [3.05, 3.63) is 65.0 Å². The molecular weight excluding hydrogens is 523 g/mol. The van der Waals surface area contributed by atoms with Crippen molar-refractivity contribution in [2.24, 2.45) is 5.92 Å². The molecule has 2 unspecified atom stereocenters. The Morgan fingerprint density at radius 3 is 2.53 bits per heavy atom. The minimum atomic E-state index is -3.56. The summed E-state index contributed by atoms with van der Waals surface area (Å²) >= 11 is 0. The highest BCUT2D eigenvalue weighted by Crippen LogP contribution is 2.34. The topological polar surface area (TPSA) is 113 Å². The van der Waals surface area contributed by atoms with Crippen molar-refractivity contribution >= 4 is 27.6 Å². The SMILES string of the molecule is CC(F)(F)c1ccc(C(NC(=O)[C@H]2CCCN2C(=O)c2cccc(S(C)(=O)=O)c2)C2CNC(=O)C2)c(F)c1. The summed E-state index contributed by atoms with van der Waals surface area (Å²) in [5.74, 6) is -6.12. The fourth-order valence-electron chi connectivity index (χ4n) is 4.92. The van der Waals surface area contributed by atoms with Crippen LogP contribution in [0.2, 0.25) is 0 Å². The molecule has 3 amide bonds. The van der Waals surface area contributed by atoms with E-state index in [0.717, 1.165) is 18.4 Å².